The molecule has 2 aromatic carbocycles. The average molecular weight is 409 g/mol. The zero-order valence-electron chi connectivity index (χ0n) is 16.6. The van der Waals surface area contributed by atoms with Crippen molar-refractivity contribution in [1.29, 1.82) is 0 Å². The Morgan fingerprint density at radius 3 is 2.14 bits per heavy atom. The standard InChI is InChI=1S/C22H24N4O2S/c1-17-12-18(2)14-20(13-17)29(27,28)26-10-8-25(9-11-26)22-15-21(23-16-24-22)19-6-4-3-5-7-19/h3-7,12-16H,8-11H2,1-2H3. The highest BCUT2D eigenvalue weighted by molar-refractivity contribution is 7.89. The Morgan fingerprint density at radius 1 is 0.828 bits per heavy atom. The van der Waals surface area contributed by atoms with Gasteiger partial charge in [-0.2, -0.15) is 4.31 Å². The summed E-state index contributed by atoms with van der Waals surface area (Å²) in [6.07, 6.45) is 1.57. The van der Waals surface area contributed by atoms with Crippen LogP contribution in [-0.4, -0.2) is 48.9 Å². The van der Waals surface area contributed by atoms with E-state index in [1.807, 2.05) is 56.3 Å². The molecular formula is C22H24N4O2S. The van der Waals surface area contributed by atoms with Crippen LogP contribution in [0.3, 0.4) is 0 Å². The number of aryl methyl sites for hydroxylation is 2. The second-order valence-electron chi connectivity index (χ2n) is 7.34. The maximum absolute atomic E-state index is 13.1. The third-order valence-electron chi connectivity index (χ3n) is 5.12. The van der Waals surface area contributed by atoms with Crippen LogP contribution in [0, 0.1) is 13.8 Å². The number of sulfonamides is 1. The van der Waals surface area contributed by atoms with Crippen LogP contribution in [0.1, 0.15) is 11.1 Å². The third-order valence-corrected chi connectivity index (χ3v) is 6.99. The minimum absolute atomic E-state index is 0.372. The first-order chi connectivity index (χ1) is 13.9. The number of hydrogen-bond donors (Lipinski definition) is 0. The van der Waals surface area contributed by atoms with Gasteiger partial charge in [-0.05, 0) is 37.1 Å². The van der Waals surface area contributed by atoms with Gasteiger partial charge >= 0.3 is 0 Å². The molecule has 1 aromatic heterocycles. The summed E-state index contributed by atoms with van der Waals surface area (Å²) in [6.45, 7) is 5.89. The number of aromatic nitrogens is 2. The fourth-order valence-electron chi connectivity index (χ4n) is 3.68. The average Bonchev–Trinajstić information content (AvgIpc) is 2.74. The van der Waals surface area contributed by atoms with Crippen molar-refractivity contribution in [1.82, 2.24) is 14.3 Å². The summed E-state index contributed by atoms with van der Waals surface area (Å²) < 4.78 is 27.7. The Labute approximate surface area is 171 Å². The summed E-state index contributed by atoms with van der Waals surface area (Å²) in [7, 11) is -3.49. The zero-order chi connectivity index (χ0) is 20.4. The molecule has 6 nitrogen and oxygen atoms in total. The largest absolute Gasteiger partial charge is 0.354 e. The van der Waals surface area contributed by atoms with Crippen LogP contribution in [0.4, 0.5) is 5.82 Å². The molecule has 1 fully saturated rings. The van der Waals surface area contributed by atoms with E-state index >= 15 is 0 Å². The van der Waals surface area contributed by atoms with Crippen LogP contribution in [-0.2, 0) is 10.0 Å². The number of hydrogen-bond acceptors (Lipinski definition) is 5. The van der Waals surface area contributed by atoms with Gasteiger partial charge in [0.2, 0.25) is 10.0 Å². The maximum atomic E-state index is 13.1. The highest BCUT2D eigenvalue weighted by Crippen LogP contribution is 2.24. The van der Waals surface area contributed by atoms with E-state index in [1.54, 1.807) is 22.8 Å². The fourth-order valence-corrected chi connectivity index (χ4v) is 5.29. The number of nitrogens with zero attached hydrogens (tertiary/aromatic N) is 4. The highest BCUT2D eigenvalue weighted by atomic mass is 32.2. The van der Waals surface area contributed by atoms with E-state index in [-0.39, 0.29) is 0 Å². The van der Waals surface area contributed by atoms with E-state index in [0.717, 1.165) is 28.2 Å². The van der Waals surface area contributed by atoms with Crippen molar-refractivity contribution in [3.05, 3.63) is 72.1 Å². The van der Waals surface area contributed by atoms with Crippen molar-refractivity contribution in [2.24, 2.45) is 0 Å². The summed E-state index contributed by atoms with van der Waals surface area (Å²) >= 11 is 0. The van der Waals surface area contributed by atoms with E-state index in [0.29, 0.717) is 31.1 Å². The normalized spacial score (nSPS) is 15.4. The van der Waals surface area contributed by atoms with Crippen molar-refractivity contribution in [2.45, 2.75) is 18.7 Å². The SMILES string of the molecule is Cc1cc(C)cc(S(=O)(=O)N2CCN(c3cc(-c4ccccc4)ncn3)CC2)c1. The van der Waals surface area contributed by atoms with Gasteiger partial charge < -0.3 is 4.90 Å². The van der Waals surface area contributed by atoms with Crippen LogP contribution in [0.15, 0.2) is 65.8 Å². The molecule has 7 heteroatoms. The lowest BCUT2D eigenvalue weighted by Gasteiger charge is -2.34. The van der Waals surface area contributed by atoms with Crippen LogP contribution in [0.5, 0.6) is 0 Å². The van der Waals surface area contributed by atoms with Crippen molar-refractivity contribution in [2.75, 3.05) is 31.1 Å². The highest BCUT2D eigenvalue weighted by Gasteiger charge is 2.29. The summed E-state index contributed by atoms with van der Waals surface area (Å²) in [5, 5.41) is 0. The molecule has 3 aromatic rings. The Bertz CT molecular complexity index is 1090. The van der Waals surface area contributed by atoms with E-state index in [1.165, 1.54) is 0 Å². The Kier molecular flexibility index (Phi) is 5.34. The molecule has 4 rings (SSSR count). The third kappa shape index (κ3) is 4.16. The molecule has 1 saturated heterocycles. The summed E-state index contributed by atoms with van der Waals surface area (Å²) in [6, 6.07) is 17.4. The molecule has 0 N–H and O–H groups in total. The molecule has 150 valence electrons. The van der Waals surface area contributed by atoms with E-state index in [2.05, 4.69) is 14.9 Å². The molecule has 0 unspecified atom stereocenters. The number of benzene rings is 2. The van der Waals surface area contributed by atoms with Crippen molar-refractivity contribution in [3.8, 4) is 11.3 Å². The van der Waals surface area contributed by atoms with Gasteiger partial charge in [-0.1, -0.05) is 36.4 Å². The topological polar surface area (TPSA) is 66.4 Å². The van der Waals surface area contributed by atoms with Gasteiger partial charge in [-0.3, -0.25) is 0 Å². The second-order valence-corrected chi connectivity index (χ2v) is 9.28. The van der Waals surface area contributed by atoms with Gasteiger partial charge in [0.1, 0.15) is 12.1 Å². The zero-order valence-corrected chi connectivity index (χ0v) is 17.4. The molecule has 0 bridgehead atoms. The molecule has 1 aliphatic rings. The van der Waals surface area contributed by atoms with Gasteiger partial charge in [-0.15, -0.1) is 0 Å². The van der Waals surface area contributed by atoms with Crippen LogP contribution in [0.25, 0.3) is 11.3 Å². The van der Waals surface area contributed by atoms with Crippen molar-refractivity contribution < 1.29 is 8.42 Å². The smallest absolute Gasteiger partial charge is 0.243 e. The Balaban J connectivity index is 1.50. The lowest BCUT2D eigenvalue weighted by molar-refractivity contribution is 0.383. The molecular weight excluding hydrogens is 384 g/mol. The molecule has 2 heterocycles. The Morgan fingerprint density at radius 2 is 1.48 bits per heavy atom. The van der Waals surface area contributed by atoms with Gasteiger partial charge in [0.05, 0.1) is 10.6 Å². The minimum Gasteiger partial charge on any atom is -0.354 e. The maximum Gasteiger partial charge on any atom is 0.243 e. The number of piperazine rings is 1. The Hall–Kier alpha value is -2.77. The number of rotatable bonds is 4. The quantitative estimate of drug-likeness (QED) is 0.663. The molecule has 29 heavy (non-hydrogen) atoms. The first-order valence-electron chi connectivity index (χ1n) is 9.64. The van der Waals surface area contributed by atoms with Gasteiger partial charge in [0.15, 0.2) is 0 Å². The molecule has 1 aliphatic heterocycles. The van der Waals surface area contributed by atoms with Crippen LogP contribution < -0.4 is 4.90 Å². The first kappa shape index (κ1) is 19.5. The number of anilines is 1. The predicted molar refractivity (Wildman–Crippen MR) is 114 cm³/mol. The van der Waals surface area contributed by atoms with E-state index in [9.17, 15) is 8.42 Å². The molecule has 0 radical (unpaired) electrons. The van der Waals surface area contributed by atoms with E-state index < -0.39 is 10.0 Å². The van der Waals surface area contributed by atoms with Crippen molar-refractivity contribution in [3.63, 3.8) is 0 Å². The molecule has 0 spiro atoms. The summed E-state index contributed by atoms with van der Waals surface area (Å²) in [4.78, 5) is 11.3. The van der Waals surface area contributed by atoms with E-state index in [4.69, 9.17) is 0 Å². The molecule has 0 aliphatic carbocycles. The summed E-state index contributed by atoms with van der Waals surface area (Å²) in [5.41, 5.74) is 3.81. The lowest BCUT2D eigenvalue weighted by Crippen LogP contribution is -2.49. The fraction of sp³-hybridized carbons (Fsp3) is 0.273. The molecule has 0 saturated carbocycles. The lowest BCUT2D eigenvalue weighted by atomic mass is 10.1. The van der Waals surface area contributed by atoms with Gasteiger partial charge in [0.25, 0.3) is 0 Å². The monoisotopic (exact) mass is 408 g/mol. The second kappa shape index (κ2) is 7.93. The molecule has 0 atom stereocenters. The predicted octanol–water partition coefficient (Wildman–Crippen LogP) is 3.27. The van der Waals surface area contributed by atoms with Crippen LogP contribution >= 0.6 is 0 Å². The van der Waals surface area contributed by atoms with Gasteiger partial charge in [0, 0.05) is 37.8 Å². The molecule has 0 amide bonds. The summed E-state index contributed by atoms with van der Waals surface area (Å²) in [5.74, 6) is 0.822. The first-order valence-corrected chi connectivity index (χ1v) is 11.1. The van der Waals surface area contributed by atoms with Crippen molar-refractivity contribution >= 4 is 15.8 Å². The van der Waals surface area contributed by atoms with Crippen LogP contribution in [0.2, 0.25) is 0 Å². The minimum atomic E-state index is -3.49. The van der Waals surface area contributed by atoms with Gasteiger partial charge in [-0.25, -0.2) is 18.4 Å².